The van der Waals surface area contributed by atoms with Crippen LogP contribution in [0.5, 0.6) is 0 Å². The summed E-state index contributed by atoms with van der Waals surface area (Å²) in [6, 6.07) is -0.716. The summed E-state index contributed by atoms with van der Waals surface area (Å²) < 4.78 is 0. The number of Topliss-reactive ketones (excluding diaryl/α,β-unsaturated/α-hetero) is 1. The van der Waals surface area contributed by atoms with E-state index < -0.39 is 23.8 Å². The van der Waals surface area contributed by atoms with Gasteiger partial charge in [-0.05, 0) is 38.8 Å². The number of carbonyl (C=O) groups excluding carboxylic acids is 1. The molecule has 0 unspecified atom stereocenters. The fourth-order valence-electron chi connectivity index (χ4n) is 1.17. The van der Waals surface area contributed by atoms with Crippen molar-refractivity contribution < 1.29 is 24.6 Å². The molecule has 0 aromatic heterocycles. The van der Waals surface area contributed by atoms with Crippen LogP contribution >= 0.6 is 0 Å². The molecular formula is C12H25N3O5. The molecule has 0 aromatic rings. The normalized spacial score (nSPS) is 11.2. The van der Waals surface area contributed by atoms with Crippen LogP contribution in [0.25, 0.3) is 0 Å². The first-order valence-electron chi connectivity index (χ1n) is 6.51. The minimum Gasteiger partial charge on any atom is -0.480 e. The maximum Gasteiger partial charge on any atom is 0.372 e. The van der Waals surface area contributed by atoms with Crippen LogP contribution in [-0.2, 0) is 14.4 Å². The van der Waals surface area contributed by atoms with Crippen LogP contribution in [0.4, 0.5) is 0 Å². The Labute approximate surface area is 118 Å². The molecule has 8 nitrogen and oxygen atoms in total. The lowest BCUT2D eigenvalue weighted by molar-refractivity contribution is -0.149. The summed E-state index contributed by atoms with van der Waals surface area (Å²) in [4.78, 5) is 30.4. The molecule has 0 aliphatic heterocycles. The lowest BCUT2D eigenvalue weighted by atomic mass is 10.1. The van der Waals surface area contributed by atoms with Gasteiger partial charge in [0.05, 0.1) is 0 Å². The molecule has 0 rings (SSSR count). The van der Waals surface area contributed by atoms with Crippen molar-refractivity contribution in [1.82, 2.24) is 0 Å². The monoisotopic (exact) mass is 291 g/mol. The van der Waals surface area contributed by atoms with Crippen molar-refractivity contribution in [3.8, 4) is 0 Å². The summed E-state index contributed by atoms with van der Waals surface area (Å²) in [7, 11) is 0. The number of nitrogens with two attached hydrogens (primary N) is 3. The third kappa shape index (κ3) is 14.6. The second-order valence-electron chi connectivity index (χ2n) is 4.20. The number of unbranched alkanes of at least 4 members (excludes halogenated alkanes) is 2. The van der Waals surface area contributed by atoms with E-state index in [1.54, 1.807) is 0 Å². The van der Waals surface area contributed by atoms with Gasteiger partial charge in [-0.15, -0.1) is 0 Å². The van der Waals surface area contributed by atoms with E-state index in [1.807, 2.05) is 0 Å². The number of carbonyl (C=O) groups is 3. The number of rotatable bonds is 10. The van der Waals surface area contributed by atoms with E-state index in [9.17, 15) is 14.4 Å². The highest BCUT2D eigenvalue weighted by molar-refractivity contribution is 6.32. The van der Waals surface area contributed by atoms with Crippen molar-refractivity contribution in [2.24, 2.45) is 17.2 Å². The number of carboxylic acids is 2. The molecule has 0 aliphatic rings. The summed E-state index contributed by atoms with van der Waals surface area (Å²) >= 11 is 0. The number of ketones is 1. The van der Waals surface area contributed by atoms with Crippen LogP contribution in [0, 0.1) is 0 Å². The molecule has 0 aliphatic carbocycles. The SMILES string of the molecule is NCCCCC(=O)C(=O)O.NCCCC[C@H](N)C(=O)O. The third-order valence-electron chi connectivity index (χ3n) is 2.38. The molecule has 8 N–H and O–H groups in total. The van der Waals surface area contributed by atoms with Gasteiger partial charge in [0.15, 0.2) is 0 Å². The van der Waals surface area contributed by atoms with Crippen molar-refractivity contribution in [2.75, 3.05) is 13.1 Å². The Hall–Kier alpha value is -1.51. The van der Waals surface area contributed by atoms with E-state index in [4.69, 9.17) is 27.4 Å². The van der Waals surface area contributed by atoms with Gasteiger partial charge in [0.2, 0.25) is 5.78 Å². The zero-order valence-corrected chi connectivity index (χ0v) is 11.6. The van der Waals surface area contributed by atoms with Gasteiger partial charge < -0.3 is 27.4 Å². The Bertz CT molecular complexity index is 297. The molecule has 0 amide bonds. The maximum absolute atomic E-state index is 10.4. The molecule has 118 valence electrons. The molecule has 0 radical (unpaired) electrons. The lowest BCUT2D eigenvalue weighted by Crippen LogP contribution is -2.29. The average Bonchev–Trinajstić information content (AvgIpc) is 2.39. The quantitative estimate of drug-likeness (QED) is 0.260. The number of hydrogen-bond donors (Lipinski definition) is 5. The van der Waals surface area contributed by atoms with Gasteiger partial charge in [-0.3, -0.25) is 9.59 Å². The van der Waals surface area contributed by atoms with Crippen LogP contribution in [0.1, 0.15) is 38.5 Å². The van der Waals surface area contributed by atoms with E-state index in [1.165, 1.54) is 0 Å². The topological polar surface area (TPSA) is 170 Å². The maximum atomic E-state index is 10.4. The first kappa shape index (κ1) is 20.8. The van der Waals surface area contributed by atoms with E-state index in [2.05, 4.69) is 0 Å². The van der Waals surface area contributed by atoms with Crippen LogP contribution < -0.4 is 17.2 Å². The smallest absolute Gasteiger partial charge is 0.372 e. The summed E-state index contributed by atoms with van der Waals surface area (Å²) in [5.41, 5.74) is 15.6. The van der Waals surface area contributed by atoms with Gasteiger partial charge in [-0.1, -0.05) is 6.42 Å². The van der Waals surface area contributed by atoms with Crippen LogP contribution in [0.3, 0.4) is 0 Å². The second kappa shape index (κ2) is 13.9. The summed E-state index contributed by atoms with van der Waals surface area (Å²) in [5, 5.41) is 16.4. The minimum atomic E-state index is -1.35. The van der Waals surface area contributed by atoms with Gasteiger partial charge in [0.1, 0.15) is 6.04 Å². The van der Waals surface area contributed by atoms with Crippen molar-refractivity contribution >= 4 is 17.7 Å². The zero-order chi connectivity index (χ0) is 16.0. The fourth-order valence-corrected chi connectivity index (χ4v) is 1.17. The Morgan fingerprint density at radius 1 is 0.900 bits per heavy atom. The number of hydrogen-bond acceptors (Lipinski definition) is 6. The van der Waals surface area contributed by atoms with E-state index in [0.29, 0.717) is 32.4 Å². The first-order chi connectivity index (χ1) is 9.36. The summed E-state index contributed by atoms with van der Waals surface area (Å²) in [5.74, 6) is -3.01. The Morgan fingerprint density at radius 2 is 1.40 bits per heavy atom. The van der Waals surface area contributed by atoms with Gasteiger partial charge in [0.25, 0.3) is 0 Å². The lowest BCUT2D eigenvalue weighted by Gasteiger charge is -2.03. The Morgan fingerprint density at radius 3 is 1.80 bits per heavy atom. The molecule has 0 saturated carbocycles. The Kier molecular flexibility index (Phi) is 14.5. The van der Waals surface area contributed by atoms with Crippen molar-refractivity contribution in [1.29, 1.82) is 0 Å². The molecular weight excluding hydrogens is 266 g/mol. The summed E-state index contributed by atoms with van der Waals surface area (Å²) in [6.07, 6.45) is 3.55. The first-order valence-corrected chi connectivity index (χ1v) is 6.51. The average molecular weight is 291 g/mol. The number of aliphatic carboxylic acids is 2. The highest BCUT2D eigenvalue weighted by atomic mass is 16.4. The van der Waals surface area contributed by atoms with Gasteiger partial charge in [-0.25, -0.2) is 4.79 Å². The molecule has 0 saturated heterocycles. The molecule has 0 aromatic carbocycles. The highest BCUT2D eigenvalue weighted by Crippen LogP contribution is 1.97. The highest BCUT2D eigenvalue weighted by Gasteiger charge is 2.09. The van der Waals surface area contributed by atoms with Gasteiger partial charge >= 0.3 is 11.9 Å². The molecule has 0 fully saturated rings. The predicted octanol–water partition coefficient (Wildman–Crippen LogP) is -0.704. The van der Waals surface area contributed by atoms with Crippen LogP contribution in [0.15, 0.2) is 0 Å². The number of carboxylic acid groups (broad SMARTS) is 2. The third-order valence-corrected chi connectivity index (χ3v) is 2.38. The van der Waals surface area contributed by atoms with Crippen molar-refractivity contribution in [2.45, 2.75) is 44.6 Å². The molecule has 0 spiro atoms. The molecule has 20 heavy (non-hydrogen) atoms. The molecule has 8 heteroatoms. The predicted molar refractivity (Wildman–Crippen MR) is 74.1 cm³/mol. The van der Waals surface area contributed by atoms with E-state index >= 15 is 0 Å². The van der Waals surface area contributed by atoms with Crippen LogP contribution in [0.2, 0.25) is 0 Å². The van der Waals surface area contributed by atoms with Gasteiger partial charge in [-0.2, -0.15) is 0 Å². The molecule has 0 bridgehead atoms. The van der Waals surface area contributed by atoms with E-state index in [-0.39, 0.29) is 6.42 Å². The van der Waals surface area contributed by atoms with Crippen LogP contribution in [-0.4, -0.2) is 47.1 Å². The largest absolute Gasteiger partial charge is 0.480 e. The standard InChI is InChI=1S/C6H14N2O2.C6H11NO3/c2*7-4-2-1-3-5(8)6(9)10/h5H,1-4,7-8H2,(H,9,10);1-4,7H2,(H,9,10)/t5-;/m0./s1. The van der Waals surface area contributed by atoms with Gasteiger partial charge in [0, 0.05) is 6.42 Å². The molecule has 1 atom stereocenters. The Balaban J connectivity index is 0. The fraction of sp³-hybridized carbons (Fsp3) is 0.750. The second-order valence-corrected chi connectivity index (χ2v) is 4.20. The van der Waals surface area contributed by atoms with E-state index in [0.717, 1.165) is 12.8 Å². The minimum absolute atomic E-state index is 0.104. The molecule has 0 heterocycles. The van der Waals surface area contributed by atoms with Crippen molar-refractivity contribution in [3.05, 3.63) is 0 Å². The summed E-state index contributed by atoms with van der Waals surface area (Å²) in [6.45, 7) is 1.11. The zero-order valence-electron chi connectivity index (χ0n) is 11.6. The van der Waals surface area contributed by atoms with Crippen molar-refractivity contribution in [3.63, 3.8) is 0 Å².